The molecule has 0 bridgehead atoms. The van der Waals surface area contributed by atoms with Crippen molar-refractivity contribution in [3.05, 3.63) is 54.3 Å². The molecule has 0 radical (unpaired) electrons. The number of aromatic nitrogens is 3. The Bertz CT molecular complexity index is 971. The highest BCUT2D eigenvalue weighted by atomic mass is 32.1. The van der Waals surface area contributed by atoms with Crippen LogP contribution in [0.15, 0.2) is 54.3 Å². The van der Waals surface area contributed by atoms with E-state index in [1.807, 2.05) is 36.7 Å². The lowest BCUT2D eigenvalue weighted by atomic mass is 10.1. The Morgan fingerprint density at radius 2 is 1.79 bits per heavy atom. The Kier molecular flexibility index (Phi) is 3.66. The molecule has 1 aromatic carbocycles. The van der Waals surface area contributed by atoms with E-state index in [0.29, 0.717) is 0 Å². The fourth-order valence-corrected chi connectivity index (χ4v) is 3.33. The van der Waals surface area contributed by atoms with Gasteiger partial charge in [-0.25, -0.2) is 4.98 Å². The fraction of sp³-hybridized carbons (Fsp3) is 0.111. The first-order valence-electron chi connectivity index (χ1n) is 7.39. The number of hydrogen-bond donors (Lipinski definition) is 0. The first-order chi connectivity index (χ1) is 11.8. The maximum atomic E-state index is 5.35. The molecule has 0 unspecified atom stereocenters. The van der Waals surface area contributed by atoms with Gasteiger partial charge in [0.2, 0.25) is 0 Å². The molecule has 120 valence electrons. The smallest absolute Gasteiger partial charge is 0.155 e. The first kappa shape index (κ1) is 14.7. The summed E-state index contributed by atoms with van der Waals surface area (Å²) in [7, 11) is 3.28. The van der Waals surface area contributed by atoms with Crippen molar-refractivity contribution in [1.29, 1.82) is 0 Å². The SMILES string of the molecule is COc1cc(OC)cc(-c2cn3c(-c4cccs4)cnc3cn2)c1. The van der Waals surface area contributed by atoms with E-state index in [1.165, 1.54) is 4.88 Å². The highest BCUT2D eigenvalue weighted by Crippen LogP contribution is 2.30. The molecule has 0 saturated carbocycles. The molecule has 3 heterocycles. The first-order valence-corrected chi connectivity index (χ1v) is 8.27. The lowest BCUT2D eigenvalue weighted by Crippen LogP contribution is -1.94. The average molecular weight is 337 g/mol. The molecule has 4 rings (SSSR count). The van der Waals surface area contributed by atoms with Gasteiger partial charge in [0.25, 0.3) is 0 Å². The third-order valence-electron chi connectivity index (χ3n) is 3.82. The lowest BCUT2D eigenvalue weighted by Gasteiger charge is -2.09. The Balaban J connectivity index is 1.87. The van der Waals surface area contributed by atoms with Crippen LogP contribution in [0.3, 0.4) is 0 Å². The number of methoxy groups -OCH3 is 2. The summed E-state index contributed by atoms with van der Waals surface area (Å²) in [5.74, 6) is 1.46. The summed E-state index contributed by atoms with van der Waals surface area (Å²) in [6.07, 6.45) is 5.64. The van der Waals surface area contributed by atoms with Crippen molar-refractivity contribution in [3.8, 4) is 33.3 Å². The predicted molar refractivity (Wildman–Crippen MR) is 94.8 cm³/mol. The molecule has 4 aromatic rings. The lowest BCUT2D eigenvalue weighted by molar-refractivity contribution is 0.394. The normalized spacial score (nSPS) is 10.9. The minimum absolute atomic E-state index is 0.732. The number of nitrogens with zero attached hydrogens (tertiary/aromatic N) is 3. The van der Waals surface area contributed by atoms with E-state index in [4.69, 9.17) is 9.47 Å². The second-order valence-corrected chi connectivity index (χ2v) is 6.17. The number of imidazole rings is 1. The summed E-state index contributed by atoms with van der Waals surface area (Å²) in [5.41, 5.74) is 3.63. The molecule has 0 atom stereocenters. The van der Waals surface area contributed by atoms with Crippen molar-refractivity contribution in [3.63, 3.8) is 0 Å². The van der Waals surface area contributed by atoms with Gasteiger partial charge in [0, 0.05) is 17.8 Å². The van der Waals surface area contributed by atoms with Crippen LogP contribution in [0, 0.1) is 0 Å². The van der Waals surface area contributed by atoms with Crippen molar-refractivity contribution < 1.29 is 9.47 Å². The molecule has 0 N–H and O–H groups in total. The summed E-state index contributed by atoms with van der Waals surface area (Å²) < 4.78 is 12.8. The van der Waals surface area contributed by atoms with Crippen LogP contribution in [-0.2, 0) is 0 Å². The zero-order chi connectivity index (χ0) is 16.5. The van der Waals surface area contributed by atoms with Crippen LogP contribution in [0.25, 0.3) is 27.5 Å². The van der Waals surface area contributed by atoms with Crippen molar-refractivity contribution in [1.82, 2.24) is 14.4 Å². The minimum Gasteiger partial charge on any atom is -0.497 e. The number of rotatable bonds is 4. The van der Waals surface area contributed by atoms with E-state index in [9.17, 15) is 0 Å². The molecule has 3 aromatic heterocycles. The van der Waals surface area contributed by atoms with Crippen LogP contribution in [0.5, 0.6) is 11.5 Å². The second-order valence-electron chi connectivity index (χ2n) is 5.22. The molecule has 5 nitrogen and oxygen atoms in total. The summed E-state index contributed by atoms with van der Waals surface area (Å²) in [4.78, 5) is 10.1. The standard InChI is InChI=1S/C18H15N3O2S/c1-22-13-6-12(7-14(8-13)23-2)15-11-21-16(17-4-3-5-24-17)9-20-18(21)10-19-15/h3-11H,1-2H3. The summed E-state index contributed by atoms with van der Waals surface area (Å²) in [6, 6.07) is 9.85. The van der Waals surface area contributed by atoms with Crippen molar-refractivity contribution in [2.24, 2.45) is 0 Å². The Hall–Kier alpha value is -2.86. The summed E-state index contributed by atoms with van der Waals surface area (Å²) in [6.45, 7) is 0. The van der Waals surface area contributed by atoms with Crippen LogP contribution < -0.4 is 9.47 Å². The van der Waals surface area contributed by atoms with E-state index in [-0.39, 0.29) is 0 Å². The molecule has 0 aliphatic heterocycles. The largest absolute Gasteiger partial charge is 0.497 e. The molecular weight excluding hydrogens is 322 g/mol. The van der Waals surface area contributed by atoms with Crippen LogP contribution in [-0.4, -0.2) is 28.6 Å². The van der Waals surface area contributed by atoms with E-state index in [1.54, 1.807) is 31.8 Å². The van der Waals surface area contributed by atoms with Gasteiger partial charge in [0.1, 0.15) is 11.5 Å². The molecule has 6 heteroatoms. The van der Waals surface area contributed by atoms with Crippen LogP contribution >= 0.6 is 11.3 Å². The zero-order valence-corrected chi connectivity index (χ0v) is 14.1. The molecule has 0 aliphatic rings. The van der Waals surface area contributed by atoms with E-state index < -0.39 is 0 Å². The molecule has 0 amide bonds. The highest BCUT2D eigenvalue weighted by Gasteiger charge is 2.11. The summed E-state index contributed by atoms with van der Waals surface area (Å²) >= 11 is 1.69. The Labute approximate surface area is 143 Å². The second kappa shape index (κ2) is 5.98. The van der Waals surface area contributed by atoms with Crippen LogP contribution in [0.1, 0.15) is 0 Å². The molecule has 0 saturated heterocycles. The number of thiophene rings is 1. The molecule has 0 fully saturated rings. The van der Waals surface area contributed by atoms with Gasteiger partial charge in [-0.1, -0.05) is 6.07 Å². The average Bonchev–Trinajstić information content (AvgIpc) is 3.29. The monoisotopic (exact) mass is 337 g/mol. The number of fused-ring (bicyclic) bond motifs is 1. The summed E-state index contributed by atoms with van der Waals surface area (Å²) in [5, 5.41) is 2.06. The number of benzene rings is 1. The van der Waals surface area contributed by atoms with Gasteiger partial charge in [0.15, 0.2) is 5.65 Å². The molecule has 24 heavy (non-hydrogen) atoms. The van der Waals surface area contributed by atoms with Crippen molar-refractivity contribution in [2.45, 2.75) is 0 Å². The third-order valence-corrected chi connectivity index (χ3v) is 4.71. The van der Waals surface area contributed by atoms with Gasteiger partial charge < -0.3 is 9.47 Å². The van der Waals surface area contributed by atoms with Gasteiger partial charge >= 0.3 is 0 Å². The van der Waals surface area contributed by atoms with Crippen LogP contribution in [0.4, 0.5) is 0 Å². The third kappa shape index (κ3) is 2.51. The van der Waals surface area contributed by atoms with Gasteiger partial charge in [-0.2, -0.15) is 0 Å². The van der Waals surface area contributed by atoms with Crippen molar-refractivity contribution in [2.75, 3.05) is 14.2 Å². The van der Waals surface area contributed by atoms with Crippen molar-refractivity contribution >= 4 is 17.0 Å². The topological polar surface area (TPSA) is 48.7 Å². The number of ether oxygens (including phenoxy) is 2. The quantitative estimate of drug-likeness (QED) is 0.561. The maximum absolute atomic E-state index is 5.35. The van der Waals surface area contributed by atoms with E-state index >= 15 is 0 Å². The number of hydrogen-bond acceptors (Lipinski definition) is 5. The predicted octanol–water partition coefficient (Wildman–Crippen LogP) is 4.14. The van der Waals surface area contributed by atoms with Crippen LogP contribution in [0.2, 0.25) is 0 Å². The van der Waals surface area contributed by atoms with E-state index in [2.05, 4.69) is 25.8 Å². The minimum atomic E-state index is 0.732. The maximum Gasteiger partial charge on any atom is 0.155 e. The Morgan fingerprint density at radius 1 is 1.00 bits per heavy atom. The van der Waals surface area contributed by atoms with Gasteiger partial charge in [0.05, 0.1) is 42.9 Å². The van der Waals surface area contributed by atoms with Gasteiger partial charge in [-0.15, -0.1) is 11.3 Å². The van der Waals surface area contributed by atoms with Gasteiger partial charge in [-0.3, -0.25) is 9.38 Å². The van der Waals surface area contributed by atoms with E-state index in [0.717, 1.165) is 34.1 Å². The highest BCUT2D eigenvalue weighted by molar-refractivity contribution is 7.13. The Morgan fingerprint density at radius 3 is 2.46 bits per heavy atom. The molecular formula is C18H15N3O2S. The molecule has 0 aliphatic carbocycles. The van der Waals surface area contributed by atoms with Gasteiger partial charge in [-0.05, 0) is 23.6 Å². The zero-order valence-electron chi connectivity index (χ0n) is 13.3. The fourth-order valence-electron chi connectivity index (χ4n) is 2.60. The molecule has 0 spiro atoms.